The van der Waals surface area contributed by atoms with Gasteiger partial charge >= 0.3 is 0 Å². The number of nitrogens with zero attached hydrogens (tertiary/aromatic N) is 1. The van der Waals surface area contributed by atoms with E-state index in [1.807, 2.05) is 11.8 Å². The largest absolute Gasteiger partial charge is 0.356 e. The Morgan fingerprint density at radius 1 is 1.17 bits per heavy atom. The van der Waals surface area contributed by atoms with Gasteiger partial charge in [0.2, 0.25) is 0 Å². The van der Waals surface area contributed by atoms with Crippen LogP contribution in [0, 0.1) is 0 Å². The molecule has 0 aromatic heterocycles. The second-order valence-corrected chi connectivity index (χ2v) is 8.91. The van der Waals surface area contributed by atoms with Crippen molar-refractivity contribution in [1.82, 2.24) is 10.6 Å². The molecule has 1 aromatic rings. The number of rotatable bonds is 9. The van der Waals surface area contributed by atoms with E-state index in [0.29, 0.717) is 17.4 Å². The number of nitrogens with one attached hydrogen (secondary N) is 2. The van der Waals surface area contributed by atoms with Crippen molar-refractivity contribution in [3.05, 3.63) is 28.7 Å². The molecule has 9 heteroatoms. The zero-order valence-electron chi connectivity index (χ0n) is 13.9. The molecule has 24 heavy (non-hydrogen) atoms. The summed E-state index contributed by atoms with van der Waals surface area (Å²) in [5, 5.41) is 6.23. The van der Waals surface area contributed by atoms with E-state index in [1.54, 1.807) is 31.3 Å². The van der Waals surface area contributed by atoms with E-state index in [-0.39, 0.29) is 29.7 Å². The Bertz CT molecular complexity index is 595. The van der Waals surface area contributed by atoms with E-state index in [2.05, 4.69) is 37.8 Å². The van der Waals surface area contributed by atoms with Crippen LogP contribution in [0.4, 0.5) is 0 Å². The van der Waals surface area contributed by atoms with E-state index < -0.39 is 9.84 Å². The maximum atomic E-state index is 12.2. The first-order valence-electron chi connectivity index (χ1n) is 7.41. The standard InChI is InChI=1S/C15H24BrN3O2S2.HI/c1-17-15(18-9-3-4-11-22-2)19-10-12-23(20,21)14-7-5-13(16)6-8-14;/h5-8H,3-4,9-12H2,1-2H3,(H2,17,18,19);1H. The van der Waals surface area contributed by atoms with Crippen LogP contribution in [0.1, 0.15) is 12.8 Å². The Hall–Kier alpha value is -0.000000000000000111. The van der Waals surface area contributed by atoms with Crippen molar-refractivity contribution in [2.45, 2.75) is 17.7 Å². The summed E-state index contributed by atoms with van der Waals surface area (Å²) in [5.74, 6) is 1.82. The van der Waals surface area contributed by atoms with Gasteiger partial charge in [0.15, 0.2) is 15.8 Å². The normalized spacial score (nSPS) is 11.7. The third-order valence-corrected chi connectivity index (χ3v) is 6.08. The molecule has 0 heterocycles. The Kier molecular flexibility index (Phi) is 13.2. The number of hydrogen-bond donors (Lipinski definition) is 2. The molecule has 0 aliphatic heterocycles. The van der Waals surface area contributed by atoms with Gasteiger partial charge in [-0.25, -0.2) is 8.42 Å². The fourth-order valence-electron chi connectivity index (χ4n) is 1.86. The third kappa shape index (κ3) is 9.47. The summed E-state index contributed by atoms with van der Waals surface area (Å²) in [6.07, 6.45) is 4.32. The SMILES string of the molecule is CN=C(NCCCCSC)NCCS(=O)(=O)c1ccc(Br)cc1.I. The molecule has 138 valence electrons. The number of sulfone groups is 1. The fourth-order valence-corrected chi connectivity index (χ4v) is 3.78. The summed E-state index contributed by atoms with van der Waals surface area (Å²) in [6, 6.07) is 6.68. The first-order valence-corrected chi connectivity index (χ1v) is 11.3. The van der Waals surface area contributed by atoms with Crippen molar-refractivity contribution < 1.29 is 8.42 Å². The van der Waals surface area contributed by atoms with Gasteiger partial charge in [0.1, 0.15) is 0 Å². The Balaban J connectivity index is 0.00000529. The van der Waals surface area contributed by atoms with Gasteiger partial charge in [0.05, 0.1) is 10.6 Å². The molecule has 5 nitrogen and oxygen atoms in total. The van der Waals surface area contributed by atoms with Crippen LogP contribution in [0.5, 0.6) is 0 Å². The molecule has 0 aliphatic carbocycles. The zero-order valence-corrected chi connectivity index (χ0v) is 19.5. The zero-order chi connectivity index (χ0) is 17.1. The van der Waals surface area contributed by atoms with Crippen LogP contribution in [0.3, 0.4) is 0 Å². The predicted molar refractivity (Wildman–Crippen MR) is 119 cm³/mol. The van der Waals surface area contributed by atoms with Gasteiger partial charge in [-0.2, -0.15) is 11.8 Å². The molecule has 0 saturated carbocycles. The number of guanidine groups is 1. The number of aliphatic imine (C=N–C) groups is 1. The van der Waals surface area contributed by atoms with Gasteiger partial charge in [-0.1, -0.05) is 15.9 Å². The fraction of sp³-hybridized carbons (Fsp3) is 0.533. The van der Waals surface area contributed by atoms with Crippen LogP contribution in [0.25, 0.3) is 0 Å². The minimum Gasteiger partial charge on any atom is -0.356 e. The van der Waals surface area contributed by atoms with Gasteiger partial charge < -0.3 is 10.6 Å². The van der Waals surface area contributed by atoms with Gasteiger partial charge in [-0.15, -0.1) is 24.0 Å². The van der Waals surface area contributed by atoms with Crippen LogP contribution in [0.2, 0.25) is 0 Å². The lowest BCUT2D eigenvalue weighted by atomic mass is 10.3. The second kappa shape index (κ2) is 13.2. The topological polar surface area (TPSA) is 70.6 Å². The first-order chi connectivity index (χ1) is 11.0. The van der Waals surface area contributed by atoms with Gasteiger partial charge in [-0.3, -0.25) is 4.99 Å². The maximum absolute atomic E-state index is 12.2. The van der Waals surface area contributed by atoms with Crippen molar-refractivity contribution in [3.63, 3.8) is 0 Å². The number of hydrogen-bond acceptors (Lipinski definition) is 4. The van der Waals surface area contributed by atoms with E-state index in [0.717, 1.165) is 29.6 Å². The monoisotopic (exact) mass is 549 g/mol. The number of unbranched alkanes of at least 4 members (excludes halogenated alkanes) is 1. The quantitative estimate of drug-likeness (QED) is 0.214. The minimum atomic E-state index is -3.28. The summed E-state index contributed by atoms with van der Waals surface area (Å²) in [4.78, 5) is 4.43. The van der Waals surface area contributed by atoms with E-state index in [1.165, 1.54) is 0 Å². The molecule has 0 atom stereocenters. The van der Waals surface area contributed by atoms with Crippen LogP contribution in [-0.2, 0) is 9.84 Å². The van der Waals surface area contributed by atoms with Gasteiger partial charge in [0.25, 0.3) is 0 Å². The highest BCUT2D eigenvalue weighted by Gasteiger charge is 2.14. The predicted octanol–water partition coefficient (Wildman–Crippen LogP) is 3.15. The maximum Gasteiger partial charge on any atom is 0.191 e. The Labute approximate surface area is 174 Å². The molecular weight excluding hydrogens is 525 g/mol. The molecule has 0 spiro atoms. The van der Waals surface area contributed by atoms with Crippen LogP contribution in [0.15, 0.2) is 38.6 Å². The summed E-state index contributed by atoms with van der Waals surface area (Å²) < 4.78 is 25.3. The highest BCUT2D eigenvalue weighted by atomic mass is 127. The van der Waals surface area contributed by atoms with Crippen molar-refractivity contribution in [2.75, 3.05) is 37.9 Å². The first kappa shape index (κ1) is 24.0. The molecule has 1 rings (SSSR count). The lowest BCUT2D eigenvalue weighted by Gasteiger charge is -2.12. The molecule has 0 aliphatic rings. The summed E-state index contributed by atoms with van der Waals surface area (Å²) in [5.41, 5.74) is 0. The Morgan fingerprint density at radius 2 is 1.79 bits per heavy atom. The molecular formula is C15H25BrIN3O2S2. The van der Waals surface area contributed by atoms with E-state index >= 15 is 0 Å². The highest BCUT2D eigenvalue weighted by molar-refractivity contribution is 14.0. The molecule has 0 fully saturated rings. The molecule has 0 saturated heterocycles. The highest BCUT2D eigenvalue weighted by Crippen LogP contribution is 2.15. The molecule has 0 unspecified atom stereocenters. The molecule has 0 amide bonds. The van der Waals surface area contributed by atoms with Crippen molar-refractivity contribution in [1.29, 1.82) is 0 Å². The average Bonchev–Trinajstić information content (AvgIpc) is 2.53. The molecule has 1 aromatic carbocycles. The number of halogens is 2. The smallest absolute Gasteiger partial charge is 0.191 e. The lowest BCUT2D eigenvalue weighted by molar-refractivity contribution is 0.594. The van der Waals surface area contributed by atoms with E-state index in [4.69, 9.17) is 0 Å². The second-order valence-electron chi connectivity index (χ2n) is 4.90. The lowest BCUT2D eigenvalue weighted by Crippen LogP contribution is -2.40. The van der Waals surface area contributed by atoms with Crippen LogP contribution >= 0.6 is 51.7 Å². The molecule has 0 bridgehead atoms. The van der Waals surface area contributed by atoms with Crippen molar-refractivity contribution in [2.24, 2.45) is 4.99 Å². The molecule has 2 N–H and O–H groups in total. The summed E-state index contributed by atoms with van der Waals surface area (Å²) in [6.45, 7) is 1.16. The van der Waals surface area contributed by atoms with Gasteiger partial charge in [0, 0.05) is 24.6 Å². The van der Waals surface area contributed by atoms with Gasteiger partial charge in [-0.05, 0) is 49.1 Å². The third-order valence-electron chi connectivity index (χ3n) is 3.13. The summed E-state index contributed by atoms with van der Waals surface area (Å²) >= 11 is 5.14. The minimum absolute atomic E-state index is 0. The van der Waals surface area contributed by atoms with Crippen LogP contribution < -0.4 is 10.6 Å². The Morgan fingerprint density at radius 3 is 2.38 bits per heavy atom. The molecule has 0 radical (unpaired) electrons. The number of thioether (sulfide) groups is 1. The average molecular weight is 550 g/mol. The van der Waals surface area contributed by atoms with Crippen molar-refractivity contribution in [3.8, 4) is 0 Å². The summed E-state index contributed by atoms with van der Waals surface area (Å²) in [7, 11) is -1.60. The van der Waals surface area contributed by atoms with Crippen LogP contribution in [-0.4, -0.2) is 52.3 Å². The van der Waals surface area contributed by atoms with Crippen molar-refractivity contribution >= 4 is 67.5 Å². The van der Waals surface area contributed by atoms with E-state index in [9.17, 15) is 8.42 Å². The number of benzene rings is 1.